The third-order valence-corrected chi connectivity index (χ3v) is 6.27. The van der Waals surface area contributed by atoms with Gasteiger partial charge in [-0.1, -0.05) is 24.8 Å². The summed E-state index contributed by atoms with van der Waals surface area (Å²) in [6.07, 6.45) is -3.99. The molecule has 3 rings (SSSR count). The van der Waals surface area contributed by atoms with E-state index < -0.39 is 57.0 Å². The molecule has 40 heavy (non-hydrogen) atoms. The summed E-state index contributed by atoms with van der Waals surface area (Å²) >= 11 is 0. The number of carbonyl (C=O) groups is 1. The van der Waals surface area contributed by atoms with Crippen LogP contribution in [-0.2, 0) is 27.9 Å². The number of aliphatic hydroxyl groups is 2. The lowest BCUT2D eigenvalue weighted by atomic mass is 10.1. The van der Waals surface area contributed by atoms with Crippen LogP contribution >= 0.6 is 7.82 Å². The van der Waals surface area contributed by atoms with Crippen molar-refractivity contribution < 1.29 is 47.7 Å². The highest BCUT2D eigenvalue weighted by Crippen LogP contribution is 2.41. The molecular formula is C24H30N4O11P-. The lowest BCUT2D eigenvalue weighted by molar-refractivity contribution is -0.224. The van der Waals surface area contributed by atoms with Crippen molar-refractivity contribution in [2.24, 2.45) is 0 Å². The number of carbonyl (C=O) groups excluding carboxylic acids is 1. The Morgan fingerprint density at radius 1 is 1.32 bits per heavy atom. The van der Waals surface area contributed by atoms with Crippen LogP contribution in [0.25, 0.3) is 0 Å². The number of phosphoric acid groups is 1. The van der Waals surface area contributed by atoms with Gasteiger partial charge in [0, 0.05) is 13.1 Å². The van der Waals surface area contributed by atoms with Crippen LogP contribution in [-0.4, -0.2) is 62.9 Å². The predicted molar refractivity (Wildman–Crippen MR) is 137 cm³/mol. The van der Waals surface area contributed by atoms with Gasteiger partial charge in [-0.3, -0.25) is 13.9 Å². The van der Waals surface area contributed by atoms with Crippen molar-refractivity contribution in [1.29, 1.82) is 0 Å². The van der Waals surface area contributed by atoms with Crippen LogP contribution in [0.2, 0.25) is 0 Å². The van der Waals surface area contributed by atoms with Gasteiger partial charge in [0.05, 0.1) is 12.6 Å². The van der Waals surface area contributed by atoms with E-state index in [-0.39, 0.29) is 17.5 Å². The number of hydrogen-bond donors (Lipinski definition) is 4. The summed E-state index contributed by atoms with van der Waals surface area (Å²) in [6.45, 7) is 5.71. The lowest BCUT2D eigenvalue weighted by Crippen LogP contribution is -2.44. The summed E-state index contributed by atoms with van der Waals surface area (Å²) in [7, 11) is -5.06. The maximum absolute atomic E-state index is 12.4. The standard InChI is InChI=1S/C24H31N4O11P/c1-4-16(37-23(14(2)26-15(3)29)38-17-8-6-5-7-9-17)12-35-40(33,34)36-13-18-20(30)21(31)22(39-18)28-11-10-19(25)27-24(28)32/h4-12,14,18,20-23,30-31H,1,13H2,2-3H3,(H,26,29)(H,33,34)(H2,25,27,32)/p-1/b16-12-/t14-,18-,20+,21+,22-,23?/m1/s1. The number of allylic oxidation sites excluding steroid dienone is 1. The van der Waals surface area contributed by atoms with Gasteiger partial charge in [0.25, 0.3) is 6.29 Å². The highest BCUT2D eigenvalue weighted by atomic mass is 31.2. The number of nitrogen functional groups attached to an aromatic ring is 1. The number of phosphoric ester groups is 1. The van der Waals surface area contributed by atoms with E-state index in [1.54, 1.807) is 37.3 Å². The third-order valence-electron chi connectivity index (χ3n) is 5.45. The van der Waals surface area contributed by atoms with E-state index in [1.165, 1.54) is 19.2 Å². The molecule has 0 saturated carbocycles. The quantitative estimate of drug-likeness (QED) is 0.105. The number of aromatic nitrogens is 2. The van der Waals surface area contributed by atoms with Crippen molar-refractivity contribution in [2.75, 3.05) is 12.3 Å². The fourth-order valence-electron chi connectivity index (χ4n) is 3.54. The minimum atomic E-state index is -5.06. The van der Waals surface area contributed by atoms with Gasteiger partial charge in [-0.25, -0.2) is 4.79 Å². The fourth-order valence-corrected chi connectivity index (χ4v) is 4.16. The van der Waals surface area contributed by atoms with E-state index in [2.05, 4.69) is 16.9 Å². The molecule has 0 spiro atoms. The van der Waals surface area contributed by atoms with Gasteiger partial charge in [0.1, 0.15) is 36.1 Å². The van der Waals surface area contributed by atoms with Gasteiger partial charge in [-0.15, -0.1) is 0 Å². The van der Waals surface area contributed by atoms with E-state index in [0.717, 1.165) is 10.6 Å². The number of nitrogens with one attached hydrogen (secondary N) is 1. The summed E-state index contributed by atoms with van der Waals surface area (Å²) in [6, 6.07) is 9.15. The monoisotopic (exact) mass is 581 g/mol. The van der Waals surface area contributed by atoms with Crippen LogP contribution in [0, 0.1) is 0 Å². The molecule has 0 radical (unpaired) electrons. The zero-order chi connectivity index (χ0) is 29.4. The smallest absolute Gasteiger partial charge is 0.351 e. The maximum atomic E-state index is 12.4. The zero-order valence-electron chi connectivity index (χ0n) is 21.6. The second-order valence-electron chi connectivity index (χ2n) is 8.57. The Morgan fingerprint density at radius 3 is 2.65 bits per heavy atom. The van der Waals surface area contributed by atoms with Gasteiger partial charge in [0.2, 0.25) is 5.91 Å². The Balaban J connectivity index is 1.63. The molecule has 1 aliphatic rings. The number of rotatable bonds is 13. The molecule has 0 aliphatic carbocycles. The Labute approximate surface area is 229 Å². The molecule has 2 unspecified atom stereocenters. The first-order valence-corrected chi connectivity index (χ1v) is 13.3. The third kappa shape index (κ3) is 8.39. The number of aliphatic hydroxyl groups excluding tert-OH is 2. The molecular weight excluding hydrogens is 551 g/mol. The van der Waals surface area contributed by atoms with E-state index in [0.29, 0.717) is 12.0 Å². The molecule has 2 aromatic rings. The molecule has 1 aromatic carbocycles. The van der Waals surface area contributed by atoms with E-state index in [4.69, 9.17) is 29.0 Å². The van der Waals surface area contributed by atoms with Crippen molar-refractivity contribution in [2.45, 2.75) is 50.7 Å². The number of para-hydroxylation sites is 1. The summed E-state index contributed by atoms with van der Waals surface area (Å²) < 4.78 is 39.7. The Kier molecular flexibility index (Phi) is 10.5. The number of amides is 1. The first-order chi connectivity index (χ1) is 18.9. The van der Waals surface area contributed by atoms with Crippen LogP contribution in [0.5, 0.6) is 5.75 Å². The molecule has 1 amide bonds. The van der Waals surface area contributed by atoms with Gasteiger partial charge >= 0.3 is 13.5 Å². The molecule has 2 heterocycles. The summed E-state index contributed by atoms with van der Waals surface area (Å²) in [4.78, 5) is 39.5. The van der Waals surface area contributed by atoms with Gasteiger partial charge < -0.3 is 49.4 Å². The first kappa shape index (κ1) is 30.8. The molecule has 1 aromatic heterocycles. The summed E-state index contributed by atoms with van der Waals surface area (Å²) in [5, 5.41) is 23.2. The zero-order valence-corrected chi connectivity index (χ0v) is 22.5. The second-order valence-corrected chi connectivity index (χ2v) is 9.93. The minimum absolute atomic E-state index is 0.0583. The molecule has 1 aliphatic heterocycles. The van der Waals surface area contributed by atoms with Crippen molar-refractivity contribution in [1.82, 2.24) is 14.9 Å². The van der Waals surface area contributed by atoms with Crippen LogP contribution in [0.15, 0.2) is 72.1 Å². The molecule has 218 valence electrons. The van der Waals surface area contributed by atoms with Gasteiger partial charge in [0.15, 0.2) is 12.0 Å². The van der Waals surface area contributed by atoms with Crippen molar-refractivity contribution in [3.8, 4) is 5.75 Å². The number of ether oxygens (including phenoxy) is 3. The Bertz CT molecular complexity index is 1310. The normalized spacial score (nSPS) is 23.9. The number of hydrogen-bond acceptors (Lipinski definition) is 13. The highest BCUT2D eigenvalue weighted by molar-refractivity contribution is 7.46. The predicted octanol–water partition coefficient (Wildman–Crippen LogP) is -0.0800. The summed E-state index contributed by atoms with van der Waals surface area (Å²) in [5.74, 6) is -0.172. The van der Waals surface area contributed by atoms with Crippen LogP contribution in [0.3, 0.4) is 0 Å². The molecule has 7 atom stereocenters. The molecule has 15 nitrogen and oxygen atoms in total. The molecule has 1 fully saturated rings. The Hall–Kier alpha value is -3.72. The lowest BCUT2D eigenvalue weighted by Gasteiger charge is -2.27. The van der Waals surface area contributed by atoms with Gasteiger partial charge in [-0.2, -0.15) is 4.98 Å². The molecule has 5 N–H and O–H groups in total. The number of nitrogens with two attached hydrogens (primary N) is 1. The average molecular weight is 581 g/mol. The van der Waals surface area contributed by atoms with Crippen LogP contribution in [0.4, 0.5) is 5.82 Å². The van der Waals surface area contributed by atoms with Gasteiger partial charge in [-0.05, 0) is 31.2 Å². The van der Waals surface area contributed by atoms with Crippen molar-refractivity contribution >= 4 is 19.5 Å². The molecule has 16 heteroatoms. The maximum Gasteiger partial charge on any atom is 0.351 e. The van der Waals surface area contributed by atoms with Crippen molar-refractivity contribution in [3.63, 3.8) is 0 Å². The molecule has 0 bridgehead atoms. The molecule has 1 saturated heterocycles. The van der Waals surface area contributed by atoms with E-state index >= 15 is 0 Å². The minimum Gasteiger partial charge on any atom is -0.746 e. The Morgan fingerprint density at radius 2 is 2.02 bits per heavy atom. The fraction of sp³-hybridized carbons (Fsp3) is 0.375. The average Bonchev–Trinajstić information content (AvgIpc) is 3.18. The van der Waals surface area contributed by atoms with Crippen LogP contribution < -0.4 is 26.4 Å². The highest BCUT2D eigenvalue weighted by Gasteiger charge is 2.44. The largest absolute Gasteiger partial charge is 0.746 e. The first-order valence-electron chi connectivity index (χ1n) is 11.9. The number of anilines is 1. The van der Waals surface area contributed by atoms with E-state index in [1.807, 2.05) is 0 Å². The second kappa shape index (κ2) is 13.6. The SMILES string of the molecule is C=C/C(=C/OP(=O)([O-])OC[C@H]1O[C@@H](n2ccc(N)nc2=O)[C@@H](O)[C@H]1O)OC(Oc1ccccc1)[C@@H](C)NC(C)=O. The van der Waals surface area contributed by atoms with E-state index in [9.17, 15) is 29.3 Å². The topological polar surface area (TPSA) is 217 Å². The van der Waals surface area contributed by atoms with Crippen molar-refractivity contribution in [3.05, 3.63) is 77.8 Å². The number of nitrogens with zero attached hydrogens (tertiary/aromatic N) is 2. The summed E-state index contributed by atoms with van der Waals surface area (Å²) in [5.41, 5.74) is 4.60. The number of benzene rings is 1. The van der Waals surface area contributed by atoms with Crippen LogP contribution in [0.1, 0.15) is 20.1 Å².